The Balaban J connectivity index is 1.77. The second kappa shape index (κ2) is 7.56. The number of carbonyl (C=O) groups excluding carboxylic acids is 1. The second-order valence-electron chi connectivity index (χ2n) is 6.62. The highest BCUT2D eigenvalue weighted by atomic mass is 19.1. The molecular formula is C19H21FN4O. The van der Waals surface area contributed by atoms with E-state index in [1.807, 2.05) is 11.5 Å². The number of Topliss-reactive ketones (excluding diaryl/α,β-unsaturated/α-hetero) is 1. The van der Waals surface area contributed by atoms with Crippen molar-refractivity contribution in [1.82, 2.24) is 14.8 Å². The minimum absolute atomic E-state index is 0.0875. The predicted octanol–water partition coefficient (Wildman–Crippen LogP) is 3.51. The summed E-state index contributed by atoms with van der Waals surface area (Å²) < 4.78 is 15.0. The highest BCUT2D eigenvalue weighted by Gasteiger charge is 2.29. The molecule has 0 spiro atoms. The Labute approximate surface area is 146 Å². The third-order valence-electron chi connectivity index (χ3n) is 4.79. The van der Waals surface area contributed by atoms with Crippen LogP contribution in [0.3, 0.4) is 0 Å². The van der Waals surface area contributed by atoms with Crippen LogP contribution in [0.1, 0.15) is 61.7 Å². The third kappa shape index (κ3) is 3.76. The molecule has 0 saturated heterocycles. The van der Waals surface area contributed by atoms with Crippen molar-refractivity contribution in [3.05, 3.63) is 47.3 Å². The smallest absolute Gasteiger partial charge is 0.164 e. The zero-order valence-electron chi connectivity index (χ0n) is 14.3. The predicted molar refractivity (Wildman–Crippen MR) is 90.4 cm³/mol. The molecule has 1 aromatic heterocycles. The number of hydrogen-bond acceptors (Lipinski definition) is 4. The van der Waals surface area contributed by atoms with Crippen LogP contribution in [0.25, 0.3) is 0 Å². The molecule has 5 nitrogen and oxygen atoms in total. The molecule has 0 bridgehead atoms. The van der Waals surface area contributed by atoms with E-state index < -0.39 is 5.92 Å². The minimum atomic E-state index is -0.901. The molecule has 0 fully saturated rings. The largest absolute Gasteiger partial charge is 0.313 e. The van der Waals surface area contributed by atoms with Crippen LogP contribution in [0.4, 0.5) is 4.39 Å². The van der Waals surface area contributed by atoms with Crippen LogP contribution in [0.15, 0.2) is 24.3 Å². The number of nitrogens with zero attached hydrogens (tertiary/aromatic N) is 4. The van der Waals surface area contributed by atoms with Gasteiger partial charge in [0.25, 0.3) is 0 Å². The lowest BCUT2D eigenvalue weighted by atomic mass is 9.91. The molecule has 1 aliphatic heterocycles. The molecule has 3 rings (SSSR count). The Morgan fingerprint density at radius 3 is 2.76 bits per heavy atom. The molecule has 6 heteroatoms. The molecule has 2 aromatic rings. The molecule has 1 aromatic carbocycles. The second-order valence-corrected chi connectivity index (χ2v) is 6.62. The number of halogens is 1. The summed E-state index contributed by atoms with van der Waals surface area (Å²) in [6.07, 6.45) is 4.24. The van der Waals surface area contributed by atoms with E-state index in [1.165, 1.54) is 12.1 Å². The lowest BCUT2D eigenvalue weighted by molar-refractivity contribution is -0.119. The average molecular weight is 340 g/mol. The van der Waals surface area contributed by atoms with Crippen molar-refractivity contribution in [1.29, 1.82) is 5.26 Å². The van der Waals surface area contributed by atoms with Gasteiger partial charge in [-0.05, 0) is 36.5 Å². The van der Waals surface area contributed by atoms with Crippen LogP contribution in [-0.2, 0) is 17.8 Å². The van der Waals surface area contributed by atoms with Gasteiger partial charge < -0.3 is 4.57 Å². The van der Waals surface area contributed by atoms with Gasteiger partial charge in [0.1, 0.15) is 11.6 Å². The number of fused-ring (bicyclic) bond motifs is 1. The van der Waals surface area contributed by atoms with Gasteiger partial charge in [-0.2, -0.15) is 5.26 Å². The molecule has 1 aliphatic rings. The quantitative estimate of drug-likeness (QED) is 0.835. The Hall–Kier alpha value is -2.55. The van der Waals surface area contributed by atoms with Crippen LogP contribution >= 0.6 is 0 Å². The van der Waals surface area contributed by atoms with Crippen molar-refractivity contribution in [2.24, 2.45) is 0 Å². The first kappa shape index (κ1) is 17.3. The molecule has 2 atom stereocenters. The fourth-order valence-corrected chi connectivity index (χ4v) is 3.32. The summed E-state index contributed by atoms with van der Waals surface area (Å²) >= 11 is 0. The minimum Gasteiger partial charge on any atom is -0.313 e. The molecule has 2 heterocycles. The Kier molecular flexibility index (Phi) is 5.22. The molecule has 0 amide bonds. The fraction of sp³-hybridized carbons (Fsp3) is 0.474. The molecule has 130 valence electrons. The maximum absolute atomic E-state index is 13.0. The zero-order valence-corrected chi connectivity index (χ0v) is 14.3. The zero-order chi connectivity index (χ0) is 17.8. The highest BCUT2D eigenvalue weighted by Crippen LogP contribution is 2.26. The normalized spacial score (nSPS) is 16.4. The first-order valence-corrected chi connectivity index (χ1v) is 8.70. The summed E-state index contributed by atoms with van der Waals surface area (Å²) in [5.74, 6) is -0.123. The van der Waals surface area contributed by atoms with Gasteiger partial charge in [-0.1, -0.05) is 25.5 Å². The van der Waals surface area contributed by atoms with Crippen LogP contribution < -0.4 is 0 Å². The first-order chi connectivity index (χ1) is 12.1. The third-order valence-corrected chi connectivity index (χ3v) is 4.79. The molecule has 0 N–H and O–H groups in total. The number of aryl methyl sites for hydroxylation is 1. The number of hydrogen-bond donors (Lipinski definition) is 0. The van der Waals surface area contributed by atoms with E-state index in [-0.39, 0.29) is 23.9 Å². The van der Waals surface area contributed by atoms with Crippen molar-refractivity contribution in [2.45, 2.75) is 57.4 Å². The van der Waals surface area contributed by atoms with Gasteiger partial charge in [0, 0.05) is 19.4 Å². The number of carbonyl (C=O) groups is 1. The lowest BCUT2D eigenvalue weighted by Gasteiger charge is -2.14. The summed E-state index contributed by atoms with van der Waals surface area (Å²) in [5.41, 5.74) is 0.881. The van der Waals surface area contributed by atoms with Gasteiger partial charge in [0.2, 0.25) is 0 Å². The van der Waals surface area contributed by atoms with E-state index in [4.69, 9.17) is 0 Å². The van der Waals surface area contributed by atoms with Crippen LogP contribution in [-0.4, -0.2) is 20.5 Å². The van der Waals surface area contributed by atoms with Crippen molar-refractivity contribution < 1.29 is 9.18 Å². The van der Waals surface area contributed by atoms with Crippen LogP contribution in [0.5, 0.6) is 0 Å². The van der Waals surface area contributed by atoms with E-state index in [0.717, 1.165) is 43.6 Å². The summed E-state index contributed by atoms with van der Waals surface area (Å²) in [6, 6.07) is 8.24. The molecule has 0 aliphatic carbocycles. The van der Waals surface area contributed by atoms with Gasteiger partial charge in [-0.15, -0.1) is 10.2 Å². The van der Waals surface area contributed by atoms with E-state index in [1.54, 1.807) is 12.1 Å². The van der Waals surface area contributed by atoms with Gasteiger partial charge in [0.15, 0.2) is 17.5 Å². The average Bonchev–Trinajstić information content (AvgIpc) is 2.84. The molecule has 0 radical (unpaired) electrons. The summed E-state index contributed by atoms with van der Waals surface area (Å²) in [6.45, 7) is 2.67. The van der Waals surface area contributed by atoms with Gasteiger partial charge >= 0.3 is 0 Å². The Bertz CT molecular complexity index is 791. The number of ketones is 1. The van der Waals surface area contributed by atoms with Crippen molar-refractivity contribution in [2.75, 3.05) is 0 Å². The molecule has 2 unspecified atom stereocenters. The topological polar surface area (TPSA) is 71.6 Å². The standard InChI is InChI=1S/C19H21FN4O/c1-13(14-6-8-15(20)9-7-14)11-17(25)16(12-21)19-23-22-18-5-3-2-4-10-24(18)19/h6-9,13,16H,2-5,10-11H2,1H3. The van der Waals surface area contributed by atoms with Gasteiger partial charge in [-0.25, -0.2) is 4.39 Å². The van der Waals surface area contributed by atoms with Crippen molar-refractivity contribution in [3.8, 4) is 6.07 Å². The monoisotopic (exact) mass is 340 g/mol. The van der Waals surface area contributed by atoms with E-state index in [9.17, 15) is 14.4 Å². The first-order valence-electron chi connectivity index (χ1n) is 8.70. The Morgan fingerprint density at radius 2 is 2.04 bits per heavy atom. The molecule has 25 heavy (non-hydrogen) atoms. The van der Waals surface area contributed by atoms with E-state index in [0.29, 0.717) is 5.82 Å². The summed E-state index contributed by atoms with van der Waals surface area (Å²) in [7, 11) is 0. The highest BCUT2D eigenvalue weighted by molar-refractivity contribution is 5.88. The van der Waals surface area contributed by atoms with E-state index >= 15 is 0 Å². The van der Waals surface area contributed by atoms with Gasteiger partial charge in [-0.3, -0.25) is 4.79 Å². The van der Waals surface area contributed by atoms with Crippen LogP contribution in [0.2, 0.25) is 0 Å². The number of rotatable bonds is 5. The van der Waals surface area contributed by atoms with Crippen molar-refractivity contribution >= 4 is 5.78 Å². The summed E-state index contributed by atoms with van der Waals surface area (Å²) in [4.78, 5) is 12.7. The fourth-order valence-electron chi connectivity index (χ4n) is 3.32. The summed E-state index contributed by atoms with van der Waals surface area (Å²) in [5, 5.41) is 17.9. The van der Waals surface area contributed by atoms with E-state index in [2.05, 4.69) is 16.3 Å². The Morgan fingerprint density at radius 1 is 1.28 bits per heavy atom. The molecule has 0 saturated carbocycles. The van der Waals surface area contributed by atoms with Crippen LogP contribution in [0, 0.1) is 17.1 Å². The lowest BCUT2D eigenvalue weighted by Crippen LogP contribution is -2.19. The SMILES string of the molecule is CC(CC(=O)C(C#N)c1nnc2n1CCCCC2)c1ccc(F)cc1. The van der Waals surface area contributed by atoms with Crippen molar-refractivity contribution in [3.63, 3.8) is 0 Å². The number of benzene rings is 1. The number of aromatic nitrogens is 3. The maximum atomic E-state index is 13.0. The van der Waals surface area contributed by atoms with Gasteiger partial charge in [0.05, 0.1) is 6.07 Å². The molecular weight excluding hydrogens is 319 g/mol. The maximum Gasteiger partial charge on any atom is 0.164 e. The number of nitriles is 1.